The summed E-state index contributed by atoms with van der Waals surface area (Å²) in [5.74, 6) is -0.293. The third-order valence-corrected chi connectivity index (χ3v) is 7.16. The van der Waals surface area contributed by atoms with Gasteiger partial charge in [0.05, 0.1) is 0 Å². The van der Waals surface area contributed by atoms with Gasteiger partial charge < -0.3 is 0 Å². The van der Waals surface area contributed by atoms with Gasteiger partial charge in [-0.05, 0) is 0 Å². The van der Waals surface area contributed by atoms with Gasteiger partial charge in [-0.1, -0.05) is 0 Å². The summed E-state index contributed by atoms with van der Waals surface area (Å²) in [5, 5.41) is 14.6. The summed E-state index contributed by atoms with van der Waals surface area (Å²) >= 11 is -0.154. The van der Waals surface area contributed by atoms with Crippen LogP contribution in [0.25, 0.3) is 0 Å². The van der Waals surface area contributed by atoms with E-state index in [4.69, 9.17) is 9.47 Å². The molecular formula is C21H20N2O4Se. The van der Waals surface area contributed by atoms with Gasteiger partial charge in [0.25, 0.3) is 0 Å². The molecule has 0 aliphatic heterocycles. The predicted octanol–water partition coefficient (Wildman–Crippen LogP) is 2.72. The van der Waals surface area contributed by atoms with Crippen LogP contribution in [0.2, 0.25) is 0 Å². The molecule has 6 nitrogen and oxygen atoms in total. The van der Waals surface area contributed by atoms with Crippen LogP contribution in [0.4, 0.5) is 0 Å². The Kier molecular flexibility index (Phi) is 5.20. The van der Waals surface area contributed by atoms with Gasteiger partial charge in [-0.2, -0.15) is 0 Å². The molecule has 0 fully saturated rings. The van der Waals surface area contributed by atoms with Crippen molar-refractivity contribution in [1.82, 2.24) is 9.19 Å². The number of fused-ring (bicyclic) bond motifs is 1. The zero-order valence-corrected chi connectivity index (χ0v) is 17.2. The SMILES string of the molecule is COc1ccc(C2Cc3nn[se]c3C(c3ccc(OC)cc3)C2C(=O)O)cc1. The Morgan fingerprint density at radius 2 is 1.57 bits per heavy atom. The second kappa shape index (κ2) is 7.78. The van der Waals surface area contributed by atoms with Crippen molar-refractivity contribution in [2.24, 2.45) is 5.92 Å². The molecule has 3 aromatic rings. The molecule has 1 aromatic heterocycles. The molecule has 0 amide bonds. The zero-order chi connectivity index (χ0) is 19.7. The molecule has 0 bridgehead atoms. The number of ether oxygens (including phenoxy) is 2. The fourth-order valence-electron chi connectivity index (χ4n) is 3.98. The van der Waals surface area contributed by atoms with E-state index in [0.29, 0.717) is 6.42 Å². The monoisotopic (exact) mass is 444 g/mol. The van der Waals surface area contributed by atoms with Gasteiger partial charge in [0.2, 0.25) is 0 Å². The first kappa shape index (κ1) is 18.7. The summed E-state index contributed by atoms with van der Waals surface area (Å²) in [5.41, 5.74) is 2.89. The summed E-state index contributed by atoms with van der Waals surface area (Å²) in [4.78, 5) is 12.4. The topological polar surface area (TPSA) is 81.5 Å². The molecule has 1 heterocycles. The summed E-state index contributed by atoms with van der Waals surface area (Å²) < 4.78 is 15.8. The molecule has 3 unspecified atom stereocenters. The van der Waals surface area contributed by atoms with Crippen molar-refractivity contribution >= 4 is 20.7 Å². The Hall–Kier alpha value is -2.63. The molecule has 1 aliphatic rings. The van der Waals surface area contributed by atoms with E-state index in [0.717, 1.165) is 32.8 Å². The van der Waals surface area contributed by atoms with Crippen molar-refractivity contribution in [3.63, 3.8) is 0 Å². The average Bonchev–Trinajstić information content (AvgIpc) is 3.21. The van der Waals surface area contributed by atoms with Crippen LogP contribution in [0, 0.1) is 5.92 Å². The van der Waals surface area contributed by atoms with Crippen LogP contribution in [0.1, 0.15) is 33.1 Å². The quantitative estimate of drug-likeness (QED) is 0.611. The van der Waals surface area contributed by atoms with E-state index in [2.05, 4.69) is 9.19 Å². The molecule has 0 saturated heterocycles. The number of rotatable bonds is 5. The summed E-state index contributed by atoms with van der Waals surface area (Å²) in [6, 6.07) is 15.3. The standard InChI is InChI=1S/C21H20N2O4Se/c1-26-14-7-3-12(4-8-14)16-11-17-20(28-23-22-17)18(19(16)21(24)25)13-5-9-15(27-2)10-6-13/h3-10,16,18-19H,11H2,1-2H3,(H,24,25). The molecule has 4 rings (SSSR count). The number of carboxylic acids is 1. The van der Waals surface area contributed by atoms with Gasteiger partial charge in [-0.25, -0.2) is 0 Å². The number of carbonyl (C=O) groups is 1. The van der Waals surface area contributed by atoms with E-state index < -0.39 is 11.9 Å². The Balaban J connectivity index is 1.81. The van der Waals surface area contributed by atoms with E-state index in [1.807, 2.05) is 48.5 Å². The second-order valence-corrected chi connectivity index (χ2v) is 8.43. The van der Waals surface area contributed by atoms with E-state index >= 15 is 0 Å². The van der Waals surface area contributed by atoms with Crippen molar-refractivity contribution in [2.45, 2.75) is 18.3 Å². The Bertz CT molecular complexity index is 969. The normalized spacial score (nSPS) is 21.0. The average molecular weight is 443 g/mol. The van der Waals surface area contributed by atoms with E-state index in [1.165, 1.54) is 0 Å². The number of hydrogen-bond donors (Lipinski definition) is 1. The first-order valence-electron chi connectivity index (χ1n) is 8.94. The number of benzene rings is 2. The van der Waals surface area contributed by atoms with Gasteiger partial charge in [-0.3, -0.25) is 0 Å². The van der Waals surface area contributed by atoms with Crippen LogP contribution >= 0.6 is 0 Å². The van der Waals surface area contributed by atoms with Gasteiger partial charge in [0, 0.05) is 0 Å². The Morgan fingerprint density at radius 1 is 1.00 bits per heavy atom. The summed E-state index contributed by atoms with van der Waals surface area (Å²) in [6.45, 7) is 0. The predicted molar refractivity (Wildman–Crippen MR) is 104 cm³/mol. The molecule has 2 aromatic carbocycles. The molecule has 1 aliphatic carbocycles. The van der Waals surface area contributed by atoms with Crippen LogP contribution in [0.5, 0.6) is 11.5 Å². The Labute approximate surface area is 169 Å². The van der Waals surface area contributed by atoms with Gasteiger partial charge in [-0.15, -0.1) is 0 Å². The van der Waals surface area contributed by atoms with Crippen LogP contribution < -0.4 is 9.47 Å². The molecule has 0 radical (unpaired) electrons. The van der Waals surface area contributed by atoms with Crippen molar-refractivity contribution in [2.75, 3.05) is 14.2 Å². The van der Waals surface area contributed by atoms with Gasteiger partial charge >= 0.3 is 169 Å². The van der Waals surface area contributed by atoms with Crippen LogP contribution in [-0.2, 0) is 11.2 Å². The maximum atomic E-state index is 12.4. The fraction of sp³-hybridized carbons (Fsp3) is 0.286. The van der Waals surface area contributed by atoms with E-state index in [9.17, 15) is 9.90 Å². The van der Waals surface area contributed by atoms with Crippen LogP contribution in [0.3, 0.4) is 0 Å². The zero-order valence-electron chi connectivity index (χ0n) is 15.5. The van der Waals surface area contributed by atoms with E-state index in [-0.39, 0.29) is 26.6 Å². The summed E-state index contributed by atoms with van der Waals surface area (Å²) in [7, 11) is 3.24. The van der Waals surface area contributed by atoms with Crippen LogP contribution in [-0.4, -0.2) is 49.2 Å². The molecule has 28 heavy (non-hydrogen) atoms. The molecular weight excluding hydrogens is 423 g/mol. The van der Waals surface area contributed by atoms with Crippen LogP contribution in [0.15, 0.2) is 48.5 Å². The first-order chi connectivity index (χ1) is 13.6. The molecule has 144 valence electrons. The first-order valence-corrected chi connectivity index (χ1v) is 10.6. The third-order valence-electron chi connectivity index (χ3n) is 5.38. The van der Waals surface area contributed by atoms with Gasteiger partial charge in [0.15, 0.2) is 0 Å². The van der Waals surface area contributed by atoms with Crippen molar-refractivity contribution in [1.29, 1.82) is 0 Å². The second-order valence-electron chi connectivity index (χ2n) is 6.78. The number of methoxy groups -OCH3 is 2. The maximum absolute atomic E-state index is 12.4. The molecule has 1 N–H and O–H groups in total. The number of aliphatic carboxylic acids is 1. The summed E-state index contributed by atoms with van der Waals surface area (Å²) in [6.07, 6.45) is 0.594. The molecule has 7 heteroatoms. The number of hydrogen-bond acceptors (Lipinski definition) is 5. The van der Waals surface area contributed by atoms with Gasteiger partial charge in [0.1, 0.15) is 0 Å². The minimum atomic E-state index is -0.795. The number of nitrogens with zero attached hydrogens (tertiary/aromatic N) is 2. The number of aromatic nitrogens is 2. The Morgan fingerprint density at radius 3 is 2.11 bits per heavy atom. The van der Waals surface area contributed by atoms with Crippen molar-refractivity contribution in [3.8, 4) is 11.5 Å². The molecule has 0 spiro atoms. The minimum absolute atomic E-state index is 0.154. The third kappa shape index (κ3) is 3.32. The van der Waals surface area contributed by atoms with E-state index in [1.54, 1.807) is 14.2 Å². The number of carboxylic acid groups (broad SMARTS) is 1. The molecule has 3 atom stereocenters. The van der Waals surface area contributed by atoms with Crippen molar-refractivity contribution in [3.05, 3.63) is 69.8 Å². The fourth-order valence-corrected chi connectivity index (χ4v) is 5.77. The van der Waals surface area contributed by atoms with Crippen molar-refractivity contribution < 1.29 is 19.4 Å². The molecule has 0 saturated carbocycles.